The molecule has 5 rings (SSSR count). The molecule has 1 N–H and O–H groups in total. The van der Waals surface area contributed by atoms with Gasteiger partial charge in [0, 0.05) is 37.0 Å². The first-order chi connectivity index (χ1) is 10.9. The second-order valence-corrected chi connectivity index (χ2v) is 6.85. The third kappa shape index (κ3) is 2.06. The second-order valence-electron chi connectivity index (χ2n) is 6.85. The van der Waals surface area contributed by atoms with E-state index in [0.717, 1.165) is 42.2 Å². The van der Waals surface area contributed by atoms with Gasteiger partial charge in [-0.25, -0.2) is 9.97 Å². The van der Waals surface area contributed by atoms with Crippen molar-refractivity contribution >= 4 is 0 Å². The van der Waals surface area contributed by atoms with E-state index in [2.05, 4.69) is 27.3 Å². The lowest BCUT2D eigenvalue weighted by atomic mass is 10.2. The maximum Gasteiger partial charge on any atom is 0.159 e. The summed E-state index contributed by atoms with van der Waals surface area (Å²) in [6.07, 6.45) is 2.03. The molecule has 22 heavy (non-hydrogen) atoms. The smallest absolute Gasteiger partial charge is 0.159 e. The lowest BCUT2D eigenvalue weighted by Crippen LogP contribution is -2.24. The summed E-state index contributed by atoms with van der Waals surface area (Å²) in [5.41, 5.74) is 3.63. The molecule has 0 spiro atoms. The van der Waals surface area contributed by atoms with Gasteiger partial charge < -0.3 is 5.32 Å². The maximum atomic E-state index is 4.81. The highest BCUT2D eigenvalue weighted by molar-refractivity contribution is 5.54. The third-order valence-corrected chi connectivity index (χ3v) is 5.49. The van der Waals surface area contributed by atoms with Crippen LogP contribution in [0.15, 0.2) is 36.5 Å². The Morgan fingerprint density at radius 1 is 1.09 bits per heavy atom. The number of piperidine rings is 1. The molecule has 2 fully saturated rings. The summed E-state index contributed by atoms with van der Waals surface area (Å²) >= 11 is 0. The molecule has 0 radical (unpaired) electrons. The van der Waals surface area contributed by atoms with Crippen molar-refractivity contribution in [1.29, 1.82) is 0 Å². The zero-order chi connectivity index (χ0) is 14.5. The zero-order valence-corrected chi connectivity index (χ0v) is 12.6. The van der Waals surface area contributed by atoms with Crippen molar-refractivity contribution in [3.8, 4) is 11.4 Å². The normalized spacial score (nSPS) is 29.4. The Morgan fingerprint density at radius 3 is 2.73 bits per heavy atom. The van der Waals surface area contributed by atoms with Gasteiger partial charge >= 0.3 is 0 Å². The van der Waals surface area contributed by atoms with Crippen molar-refractivity contribution in [1.82, 2.24) is 20.2 Å². The molecule has 3 heterocycles. The number of nitrogens with zero attached hydrogens (tertiary/aromatic N) is 3. The van der Waals surface area contributed by atoms with Crippen molar-refractivity contribution in [3.05, 3.63) is 47.8 Å². The van der Waals surface area contributed by atoms with E-state index in [9.17, 15) is 0 Å². The van der Waals surface area contributed by atoms with Crippen LogP contribution < -0.4 is 5.32 Å². The molecule has 1 unspecified atom stereocenters. The van der Waals surface area contributed by atoms with Gasteiger partial charge in [0.1, 0.15) is 0 Å². The third-order valence-electron chi connectivity index (χ3n) is 5.49. The van der Waals surface area contributed by atoms with Crippen LogP contribution in [0.3, 0.4) is 0 Å². The molecule has 2 aromatic rings. The zero-order valence-electron chi connectivity index (χ0n) is 12.6. The molecular formula is C18H20N4. The van der Waals surface area contributed by atoms with Crippen LogP contribution in [0.5, 0.6) is 0 Å². The van der Waals surface area contributed by atoms with Gasteiger partial charge in [-0.05, 0) is 30.8 Å². The van der Waals surface area contributed by atoms with Crippen molar-refractivity contribution in [2.24, 2.45) is 17.8 Å². The van der Waals surface area contributed by atoms with Gasteiger partial charge in [0.15, 0.2) is 5.82 Å². The molecule has 1 saturated carbocycles. The summed E-state index contributed by atoms with van der Waals surface area (Å²) in [5, 5.41) is 3.48. The fourth-order valence-corrected chi connectivity index (χ4v) is 4.19. The largest absolute Gasteiger partial charge is 0.316 e. The number of hydrogen-bond donors (Lipinski definition) is 1. The van der Waals surface area contributed by atoms with Gasteiger partial charge in [-0.15, -0.1) is 0 Å². The predicted octanol–water partition coefficient (Wildman–Crippen LogP) is 1.92. The SMILES string of the molecule is c1ccc(-c2ncc3c(n2)CN(CC2[C@H]4CNC[C@@H]24)C3)cc1. The maximum absolute atomic E-state index is 4.81. The predicted molar refractivity (Wildman–Crippen MR) is 84.9 cm³/mol. The minimum absolute atomic E-state index is 0.855. The summed E-state index contributed by atoms with van der Waals surface area (Å²) in [7, 11) is 0. The summed E-state index contributed by atoms with van der Waals surface area (Å²) in [5.74, 6) is 3.65. The Morgan fingerprint density at radius 2 is 1.91 bits per heavy atom. The van der Waals surface area contributed by atoms with Crippen LogP contribution in [0.4, 0.5) is 0 Å². The van der Waals surface area contributed by atoms with E-state index in [-0.39, 0.29) is 0 Å². The lowest BCUT2D eigenvalue weighted by Gasteiger charge is -2.15. The van der Waals surface area contributed by atoms with Gasteiger partial charge in [0.05, 0.1) is 5.69 Å². The molecule has 1 saturated heterocycles. The average molecular weight is 292 g/mol. The molecule has 1 aliphatic carbocycles. The van der Waals surface area contributed by atoms with Crippen LogP contribution in [0, 0.1) is 17.8 Å². The number of nitrogens with one attached hydrogen (secondary N) is 1. The molecule has 0 amide bonds. The quantitative estimate of drug-likeness (QED) is 0.938. The number of aromatic nitrogens is 2. The molecule has 3 atom stereocenters. The fraction of sp³-hybridized carbons (Fsp3) is 0.444. The van der Waals surface area contributed by atoms with Gasteiger partial charge in [0.2, 0.25) is 0 Å². The second kappa shape index (κ2) is 4.86. The van der Waals surface area contributed by atoms with Crippen molar-refractivity contribution in [2.45, 2.75) is 13.1 Å². The lowest BCUT2D eigenvalue weighted by molar-refractivity contribution is 0.257. The van der Waals surface area contributed by atoms with E-state index in [1.807, 2.05) is 24.4 Å². The monoisotopic (exact) mass is 292 g/mol. The average Bonchev–Trinajstić information content (AvgIpc) is 2.96. The Kier molecular flexibility index (Phi) is 2.81. The first kappa shape index (κ1) is 12.7. The Labute approximate surface area is 130 Å². The van der Waals surface area contributed by atoms with Crippen molar-refractivity contribution < 1.29 is 0 Å². The minimum atomic E-state index is 0.855. The fourth-order valence-electron chi connectivity index (χ4n) is 4.19. The standard InChI is InChI=1S/C18H20N4/c1-2-4-12(5-3-1)18-20-6-13-9-22(11-17(13)21-18)10-16-14-7-19-8-15(14)16/h1-6,14-16,19H,7-11H2/t14-,15+,16?. The summed E-state index contributed by atoms with van der Waals surface area (Å²) in [6.45, 7) is 5.70. The summed E-state index contributed by atoms with van der Waals surface area (Å²) < 4.78 is 0. The van der Waals surface area contributed by atoms with E-state index in [4.69, 9.17) is 4.98 Å². The van der Waals surface area contributed by atoms with E-state index in [1.165, 1.54) is 30.9 Å². The molecule has 112 valence electrons. The Bertz CT molecular complexity index is 689. The Hall–Kier alpha value is -1.78. The van der Waals surface area contributed by atoms with Crippen LogP contribution in [0.1, 0.15) is 11.3 Å². The molecule has 2 aliphatic heterocycles. The van der Waals surface area contributed by atoms with E-state index in [1.54, 1.807) is 0 Å². The van der Waals surface area contributed by atoms with E-state index >= 15 is 0 Å². The highest BCUT2D eigenvalue weighted by Crippen LogP contribution is 2.49. The molecule has 0 bridgehead atoms. The minimum Gasteiger partial charge on any atom is -0.316 e. The first-order valence-corrected chi connectivity index (χ1v) is 8.22. The van der Waals surface area contributed by atoms with Crippen LogP contribution in [-0.2, 0) is 13.1 Å². The van der Waals surface area contributed by atoms with Crippen LogP contribution in [0.2, 0.25) is 0 Å². The first-order valence-electron chi connectivity index (χ1n) is 8.22. The van der Waals surface area contributed by atoms with Crippen molar-refractivity contribution in [3.63, 3.8) is 0 Å². The van der Waals surface area contributed by atoms with Gasteiger partial charge in [-0.2, -0.15) is 0 Å². The number of hydrogen-bond acceptors (Lipinski definition) is 4. The number of rotatable bonds is 3. The highest BCUT2D eigenvalue weighted by Gasteiger charge is 2.53. The van der Waals surface area contributed by atoms with Gasteiger partial charge in [-0.1, -0.05) is 30.3 Å². The van der Waals surface area contributed by atoms with Gasteiger partial charge in [0.25, 0.3) is 0 Å². The molecule has 4 heteroatoms. The van der Waals surface area contributed by atoms with E-state index in [0.29, 0.717) is 0 Å². The number of benzene rings is 1. The van der Waals surface area contributed by atoms with Gasteiger partial charge in [-0.3, -0.25) is 4.90 Å². The Balaban J connectivity index is 1.32. The molecule has 4 nitrogen and oxygen atoms in total. The van der Waals surface area contributed by atoms with Crippen LogP contribution in [-0.4, -0.2) is 34.5 Å². The molecule has 3 aliphatic rings. The van der Waals surface area contributed by atoms with Crippen LogP contribution >= 0.6 is 0 Å². The van der Waals surface area contributed by atoms with Crippen LogP contribution in [0.25, 0.3) is 11.4 Å². The highest BCUT2D eigenvalue weighted by atomic mass is 15.2. The topological polar surface area (TPSA) is 41.1 Å². The van der Waals surface area contributed by atoms with E-state index < -0.39 is 0 Å². The molecule has 1 aromatic heterocycles. The molecule has 1 aromatic carbocycles. The summed E-state index contributed by atoms with van der Waals surface area (Å²) in [6, 6.07) is 10.3. The number of fused-ring (bicyclic) bond motifs is 2. The van der Waals surface area contributed by atoms with Crippen molar-refractivity contribution in [2.75, 3.05) is 19.6 Å². The summed E-state index contributed by atoms with van der Waals surface area (Å²) in [4.78, 5) is 11.9. The molecular weight excluding hydrogens is 272 g/mol.